The summed E-state index contributed by atoms with van der Waals surface area (Å²) in [6.07, 6.45) is 0.750. The first kappa shape index (κ1) is 10.4. The Morgan fingerprint density at radius 1 is 1.75 bits per heavy atom. The van der Waals surface area contributed by atoms with Crippen LogP contribution in [0.3, 0.4) is 0 Å². The standard InChI is InChI=1S/CHNO.Ne/c2-1-3;/h2H;. The van der Waals surface area contributed by atoms with Gasteiger partial charge in [0.15, 0.2) is 0 Å². The molecule has 0 aromatic rings. The van der Waals surface area contributed by atoms with Gasteiger partial charge < -0.3 is 0 Å². The van der Waals surface area contributed by atoms with Gasteiger partial charge in [0.1, 0.15) is 0 Å². The van der Waals surface area contributed by atoms with Crippen molar-refractivity contribution in [3.05, 3.63) is 0 Å². The van der Waals surface area contributed by atoms with Crippen molar-refractivity contribution in [2.24, 2.45) is 0 Å². The minimum atomic E-state index is 0. The minimum Gasteiger partial charge on any atom is -0.222 e. The third kappa shape index (κ3) is 0.213. The van der Waals surface area contributed by atoms with Gasteiger partial charge in [-0.25, -0.2) is 10.2 Å². The van der Waals surface area contributed by atoms with Crippen molar-refractivity contribution in [1.82, 2.24) is 0 Å². The second-order valence-corrected chi connectivity index (χ2v) is 0.102. The summed E-state index contributed by atoms with van der Waals surface area (Å²) in [6.45, 7) is 0. The predicted molar refractivity (Wildman–Crippen MR) is 8.41 cm³/mol. The predicted octanol–water partition coefficient (Wildman–Crippen LogP) is -0.0990. The van der Waals surface area contributed by atoms with Crippen LogP contribution in [0, 0.1) is 11.6 Å². The number of isocyanates is 1. The quantitative estimate of drug-likeness (QED) is 0.309. The maximum Gasteiger partial charge on any atom is 0.231 e. The van der Waals surface area contributed by atoms with Crippen molar-refractivity contribution in [2.75, 3.05) is 0 Å². The molecule has 4 heavy (non-hydrogen) atoms. The van der Waals surface area contributed by atoms with Crippen LogP contribution in [-0.2, 0) is 4.79 Å². The molecule has 24 valence electrons. The van der Waals surface area contributed by atoms with Gasteiger partial charge in [-0.15, -0.1) is 0 Å². The third-order valence-corrected chi connectivity index (χ3v) is 0. The molecule has 0 rings (SSSR count). The number of hydrogen-bond acceptors (Lipinski definition) is 2. The maximum absolute atomic E-state index is 8.35. The van der Waals surface area contributed by atoms with Crippen LogP contribution in [0.5, 0.6) is 0 Å². The molecule has 0 atom stereocenters. The molecule has 0 aliphatic heterocycles. The second kappa shape index (κ2) is 45.5. The number of carbonyl (C=O) groups excluding carboxylic acids is 1. The number of rotatable bonds is 0. The summed E-state index contributed by atoms with van der Waals surface area (Å²) in [6, 6.07) is 0. The van der Waals surface area contributed by atoms with E-state index in [1.54, 1.807) is 0 Å². The second-order valence-electron chi connectivity index (χ2n) is 0.102. The van der Waals surface area contributed by atoms with Gasteiger partial charge >= 0.3 is 0 Å². The molecule has 0 heterocycles. The zero-order valence-electron chi connectivity index (χ0n) is 1.76. The van der Waals surface area contributed by atoms with E-state index >= 15 is 0 Å². The van der Waals surface area contributed by atoms with Crippen molar-refractivity contribution in [3.8, 4) is 0 Å². The van der Waals surface area contributed by atoms with E-state index in [1.807, 2.05) is 0 Å². The van der Waals surface area contributed by atoms with E-state index in [0.717, 1.165) is 6.08 Å². The summed E-state index contributed by atoms with van der Waals surface area (Å²) >= 11 is 0. The van der Waals surface area contributed by atoms with E-state index in [-0.39, 0.29) is 6.15 Å². The molecule has 0 radical (unpaired) electrons. The summed E-state index contributed by atoms with van der Waals surface area (Å²) < 4.78 is 0. The van der Waals surface area contributed by atoms with Crippen LogP contribution in [0.15, 0.2) is 0 Å². The van der Waals surface area contributed by atoms with E-state index in [1.165, 1.54) is 0 Å². The number of nitrogens with one attached hydrogen (secondary N) is 1. The van der Waals surface area contributed by atoms with Gasteiger partial charge in [0.05, 0.1) is 0 Å². The molecule has 0 bridgehead atoms. The molecule has 3 heteroatoms. The molecule has 0 aromatic carbocycles. The first-order valence-electron chi connectivity index (χ1n) is 0.454. The smallest absolute Gasteiger partial charge is 0.222 e. The van der Waals surface area contributed by atoms with Crippen molar-refractivity contribution in [3.63, 3.8) is 0 Å². The Morgan fingerprint density at radius 2 is 1.75 bits per heavy atom. The van der Waals surface area contributed by atoms with Crippen LogP contribution in [0.25, 0.3) is 0 Å². The Labute approximate surface area is 23.7 Å². The molecule has 2 nitrogen and oxygen atoms in total. The Balaban J connectivity index is 0. The monoisotopic (exact) mass is 63.0 g/mol. The molecule has 0 aliphatic carbocycles. The van der Waals surface area contributed by atoms with E-state index in [9.17, 15) is 0 Å². The molecule has 1 N–H and O–H groups in total. The summed E-state index contributed by atoms with van der Waals surface area (Å²) in [5.74, 6) is 0. The van der Waals surface area contributed by atoms with Crippen LogP contribution < -0.4 is 0 Å². The van der Waals surface area contributed by atoms with Crippen LogP contribution in [0.4, 0.5) is 0 Å². The van der Waals surface area contributed by atoms with Crippen molar-refractivity contribution < 1.29 is 10.9 Å². The Bertz CT molecular complexity index is 29.0. The molecular formula is CHNNeO. The summed E-state index contributed by atoms with van der Waals surface area (Å²) in [7, 11) is 0. The molecule has 0 aliphatic rings. The normalized spacial score (nSPS) is 2.00. The summed E-state index contributed by atoms with van der Waals surface area (Å²) in [4.78, 5) is 8.35. The Kier molecular flexibility index (Phi) is 118. The van der Waals surface area contributed by atoms with Gasteiger partial charge in [0.2, 0.25) is 6.08 Å². The largest absolute Gasteiger partial charge is 0.231 e. The molecule has 0 spiro atoms. The van der Waals surface area contributed by atoms with Gasteiger partial charge in [-0.3, -0.25) is 0 Å². The SMILES string of the molecule is N=C=O.[Ne]. The Morgan fingerprint density at radius 3 is 1.75 bits per heavy atom. The van der Waals surface area contributed by atoms with Gasteiger partial charge in [-0.05, 0) is 0 Å². The fraction of sp³-hybridized carbons (Fsp3) is 0. The molecule has 0 unspecified atom stereocenters. The van der Waals surface area contributed by atoms with Crippen molar-refractivity contribution >= 4 is 6.08 Å². The van der Waals surface area contributed by atoms with E-state index in [4.69, 9.17) is 10.2 Å². The average molecular weight is 63.2 g/mol. The van der Waals surface area contributed by atoms with Gasteiger partial charge in [-0.1, -0.05) is 0 Å². The average Bonchev–Trinajstić information content (AvgIpc) is 0.918. The maximum atomic E-state index is 8.35. The minimum absolute atomic E-state index is 0. The van der Waals surface area contributed by atoms with Crippen LogP contribution in [-0.4, -0.2) is 6.08 Å². The van der Waals surface area contributed by atoms with Crippen LogP contribution in [0.1, 0.15) is 0 Å². The fourth-order valence-electron chi connectivity index (χ4n) is 0. The molecule has 0 amide bonds. The molecule has 0 aromatic heterocycles. The molecule has 0 saturated carbocycles. The fourth-order valence-corrected chi connectivity index (χ4v) is 0. The Hall–Kier alpha value is -0.711. The summed E-state index contributed by atoms with van der Waals surface area (Å²) in [5.41, 5.74) is 0. The molecule has 0 saturated heterocycles. The van der Waals surface area contributed by atoms with Gasteiger partial charge in [-0.2, -0.15) is 0 Å². The zero-order chi connectivity index (χ0) is 2.71. The van der Waals surface area contributed by atoms with Crippen LogP contribution >= 0.6 is 0 Å². The third-order valence-electron chi connectivity index (χ3n) is 0. The molecular weight excluding hydrogens is 62.2 g/mol. The van der Waals surface area contributed by atoms with E-state index < -0.39 is 0 Å². The zero-order valence-corrected chi connectivity index (χ0v) is 1.76. The van der Waals surface area contributed by atoms with Crippen molar-refractivity contribution in [1.29, 1.82) is 5.41 Å². The summed E-state index contributed by atoms with van der Waals surface area (Å²) in [5, 5.41) is 5.40. The topological polar surface area (TPSA) is 40.9 Å². The van der Waals surface area contributed by atoms with Gasteiger partial charge in [0.25, 0.3) is 0 Å². The molecule has 0 fully saturated rings. The van der Waals surface area contributed by atoms with Crippen LogP contribution in [0.2, 0.25) is 0 Å². The first-order valence-corrected chi connectivity index (χ1v) is 0.454. The van der Waals surface area contributed by atoms with E-state index in [0.29, 0.717) is 0 Å². The van der Waals surface area contributed by atoms with E-state index in [2.05, 4.69) is 0 Å². The van der Waals surface area contributed by atoms with Gasteiger partial charge in [0, 0.05) is 6.15 Å². The first-order chi connectivity index (χ1) is 1.41. The van der Waals surface area contributed by atoms with Crippen molar-refractivity contribution in [2.45, 2.75) is 0 Å². The number of hydrogen-bond donors (Lipinski definition) is 1.